The number of hydrogen-bond acceptors (Lipinski definition) is 19. The molecule has 0 aliphatic heterocycles. The zero-order valence-electron chi connectivity index (χ0n) is 69.2. The first kappa shape index (κ1) is 98.5. The number of carboxylic acid groups (broad SMARTS) is 1. The number of H-pyrrole nitrogens is 3. The Labute approximate surface area is 714 Å². The molecular formula is C79H119N31O14. The first-order chi connectivity index (χ1) is 59.0. The maximum Gasteiger partial charge on any atom is 0.326 e. The van der Waals surface area contributed by atoms with Gasteiger partial charge in [-0.25, -0.2) is 4.79 Å². The third-order valence-corrected chi connectivity index (χ3v) is 20.4. The van der Waals surface area contributed by atoms with Gasteiger partial charge >= 0.3 is 5.97 Å². The molecule has 45 heteroatoms. The van der Waals surface area contributed by atoms with Crippen LogP contribution in [0, 0.1) is 33.0 Å². The van der Waals surface area contributed by atoms with Gasteiger partial charge in [-0.05, 0) is 118 Å². The average Bonchev–Trinajstić information content (AvgIpc) is 1.56. The third kappa shape index (κ3) is 33.0. The SMILES string of the molecule is CC[C@H](C)[C@H](NC(=O)[C@H](CCCNC(=N)N)NC(=O)[C@H](CCCNC(=N)N)NC(=O)[C@H](Cc1c[nH]c2ccccc12)NC(=O)[C@H](Cc1c[nH]c2ccccc12)NC(=O)[C@H](CCC(N)=O)NC(=O)[C@H](Cc1c[nH]c2ccccc12)NC(=O)[C@H](CCCNC(=N)N)NC(=O)[C@@H](N)CCCNC(=N)N)C(=O)N[C@@H](CCC(N)=O)C(=O)N[C@@H](CCCNC(=N)N)C(=O)O. The van der Waals surface area contributed by atoms with E-state index in [9.17, 15) is 43.5 Å². The largest absolute Gasteiger partial charge is 0.480 e. The monoisotopic (exact) mass is 1730 g/mol. The summed E-state index contributed by atoms with van der Waals surface area (Å²) in [6.07, 6.45) is 2.22. The van der Waals surface area contributed by atoms with Crippen LogP contribution in [0.2, 0.25) is 0 Å². The molecule has 674 valence electrons. The molecule has 6 rings (SSSR count). The number of carbonyl (C=O) groups is 13. The van der Waals surface area contributed by atoms with Crippen molar-refractivity contribution in [1.29, 1.82) is 27.0 Å². The number of primary amides is 2. The second kappa shape index (κ2) is 50.1. The summed E-state index contributed by atoms with van der Waals surface area (Å²) in [6, 6.07) is 4.07. The van der Waals surface area contributed by atoms with Gasteiger partial charge in [0.15, 0.2) is 29.8 Å². The molecule has 3 heterocycles. The summed E-state index contributed by atoms with van der Waals surface area (Å²) < 4.78 is 0. The number of aliphatic carboxylic acids is 1. The molecule has 12 amide bonds. The first-order valence-corrected chi connectivity index (χ1v) is 40.7. The summed E-state index contributed by atoms with van der Waals surface area (Å²) in [5.74, 6) is -15.5. The Morgan fingerprint density at radius 1 is 0.339 bits per heavy atom. The molecule has 124 heavy (non-hydrogen) atoms. The molecule has 0 bridgehead atoms. The van der Waals surface area contributed by atoms with E-state index in [1.165, 1.54) is 0 Å². The number of carbonyl (C=O) groups excluding carboxylic acids is 12. The highest BCUT2D eigenvalue weighted by Gasteiger charge is 2.39. The van der Waals surface area contributed by atoms with Crippen LogP contribution in [0.25, 0.3) is 32.7 Å². The molecule has 0 saturated heterocycles. The predicted octanol–water partition coefficient (Wildman–Crippen LogP) is -4.69. The van der Waals surface area contributed by atoms with Crippen LogP contribution in [-0.4, -0.2) is 226 Å². The van der Waals surface area contributed by atoms with Crippen molar-refractivity contribution in [3.8, 4) is 0 Å². The van der Waals surface area contributed by atoms with Gasteiger partial charge in [-0.2, -0.15) is 0 Å². The normalized spacial score (nSPS) is 14.0. The second-order valence-electron chi connectivity index (χ2n) is 30.0. The lowest BCUT2D eigenvalue weighted by atomic mass is 9.96. The van der Waals surface area contributed by atoms with Crippen molar-refractivity contribution in [2.75, 3.05) is 32.7 Å². The minimum absolute atomic E-state index is 0.00301. The number of hydrogen-bond donors (Lipinski definition) is 32. The van der Waals surface area contributed by atoms with Crippen molar-refractivity contribution < 1.29 is 67.4 Å². The number of nitrogens with two attached hydrogens (primary N) is 8. The van der Waals surface area contributed by atoms with E-state index in [-0.39, 0.29) is 134 Å². The molecule has 0 unspecified atom stereocenters. The van der Waals surface area contributed by atoms with Gasteiger partial charge in [0.05, 0.1) is 6.04 Å². The van der Waals surface area contributed by atoms with Crippen molar-refractivity contribution in [3.05, 3.63) is 108 Å². The van der Waals surface area contributed by atoms with Crippen LogP contribution >= 0.6 is 0 Å². The van der Waals surface area contributed by atoms with E-state index in [0.29, 0.717) is 55.8 Å². The molecule has 0 saturated carbocycles. The molecule has 0 spiro atoms. The van der Waals surface area contributed by atoms with Crippen molar-refractivity contribution in [3.63, 3.8) is 0 Å². The average molecular weight is 1730 g/mol. The van der Waals surface area contributed by atoms with Crippen molar-refractivity contribution in [2.24, 2.45) is 51.8 Å². The number of nitrogens with one attached hydrogen (secondary N) is 23. The van der Waals surface area contributed by atoms with E-state index < -0.39 is 187 Å². The minimum atomic E-state index is -1.73. The Balaban J connectivity index is 1.37. The van der Waals surface area contributed by atoms with E-state index in [1.807, 2.05) is 0 Å². The van der Waals surface area contributed by atoms with Gasteiger partial charge in [0.1, 0.15) is 60.4 Å². The van der Waals surface area contributed by atoms with Gasteiger partial charge in [0.25, 0.3) is 0 Å². The lowest BCUT2D eigenvalue weighted by Gasteiger charge is -2.30. The van der Waals surface area contributed by atoms with E-state index in [1.54, 1.807) is 105 Å². The van der Waals surface area contributed by atoms with Gasteiger partial charge in [0.2, 0.25) is 70.9 Å². The standard InChI is InChI=1S/C79H119N31O14/c1-3-41(2)63(73(122)105-56(27-29-62(82)112)67(116)106-57(74(123)124)25-14-34-97-79(91)92)110-69(118)54(24-13-33-96-78(89)90)102-65(114)53(23-12-32-95-77(87)88)103-70(119)59(36-43-39-99-50-20-8-5-16-46(43)50)109-72(121)60(37-44-40-100-51-21-9-6-17-47(44)51)108-68(117)55(26-28-61(81)111)104-71(120)58(35-42-38-98-49-19-7-4-15-45(42)49)107-66(115)52(22-11-31-94-76(85)86)101-64(113)48(80)18-10-30-93-75(83)84/h4-9,15-17,19-21,38-41,48,52-60,63,98-100H,3,10-14,18,22-37,80H2,1-2H3,(H2,81,111)(H2,82,112)(H,101,113)(H,102,114)(H,103,119)(H,104,120)(H,105,122)(H,106,116)(H,107,115)(H,108,117)(H,109,121)(H,110,118)(H,123,124)(H4,83,84,93)(H4,85,86,94)(H4,87,88,95)(H4,89,90,96)(H4,91,92,97)/t41-,48-,52-,53-,54-,55-,56-,57-,58-,59-,60-,63-/m0/s1. The first-order valence-electron chi connectivity index (χ1n) is 40.7. The Kier molecular flexibility index (Phi) is 39.8. The Morgan fingerprint density at radius 2 is 0.589 bits per heavy atom. The minimum Gasteiger partial charge on any atom is -0.480 e. The highest BCUT2D eigenvalue weighted by molar-refractivity contribution is 6.01. The molecular weight excluding hydrogens is 1610 g/mol. The topological polar surface area (TPSA) is 797 Å². The number of rotatable bonds is 55. The Hall–Kier alpha value is -14.3. The summed E-state index contributed by atoms with van der Waals surface area (Å²) >= 11 is 0. The lowest BCUT2D eigenvalue weighted by molar-refractivity contribution is -0.142. The predicted molar refractivity (Wildman–Crippen MR) is 463 cm³/mol. The van der Waals surface area contributed by atoms with Crippen LogP contribution < -0.4 is 126 Å². The summed E-state index contributed by atoms with van der Waals surface area (Å²) in [6.45, 7) is 3.60. The second-order valence-corrected chi connectivity index (χ2v) is 30.0. The third-order valence-electron chi connectivity index (χ3n) is 20.4. The number of amides is 12. The molecule has 0 aliphatic carbocycles. The quantitative estimate of drug-likeness (QED) is 0.00969. The molecule has 6 aromatic rings. The van der Waals surface area contributed by atoms with Gasteiger partial charge in [-0.15, -0.1) is 0 Å². The Bertz CT molecular complexity index is 4740. The summed E-state index contributed by atoms with van der Waals surface area (Å²) in [4.78, 5) is 196. The van der Waals surface area contributed by atoms with E-state index in [2.05, 4.69) is 94.7 Å². The van der Waals surface area contributed by atoms with E-state index in [0.717, 1.165) is 0 Å². The number of para-hydroxylation sites is 3. The molecule has 3 aromatic carbocycles. The molecule has 3 aromatic heterocycles. The molecule has 0 radical (unpaired) electrons. The number of guanidine groups is 5. The highest BCUT2D eigenvalue weighted by Crippen LogP contribution is 2.24. The van der Waals surface area contributed by atoms with Crippen molar-refractivity contribution in [1.82, 2.24) is 94.7 Å². The smallest absolute Gasteiger partial charge is 0.326 e. The maximum absolute atomic E-state index is 15.7. The Morgan fingerprint density at radius 3 is 0.887 bits per heavy atom. The molecule has 12 atom stereocenters. The summed E-state index contributed by atoms with van der Waals surface area (Å²) in [7, 11) is 0. The zero-order chi connectivity index (χ0) is 91.1. The van der Waals surface area contributed by atoms with Crippen LogP contribution in [0.1, 0.15) is 127 Å². The fourth-order valence-corrected chi connectivity index (χ4v) is 13.6. The number of fused-ring (bicyclic) bond motifs is 3. The van der Waals surface area contributed by atoms with Crippen molar-refractivity contribution in [2.45, 2.75) is 196 Å². The van der Waals surface area contributed by atoms with E-state index in [4.69, 9.17) is 72.9 Å². The van der Waals surface area contributed by atoms with Gasteiger partial charge in [-0.1, -0.05) is 74.9 Å². The van der Waals surface area contributed by atoms with Gasteiger partial charge in [0, 0.05) is 116 Å². The summed E-state index contributed by atoms with van der Waals surface area (Å²) in [5, 5.41) is 89.9. The number of carboxylic acids is 1. The van der Waals surface area contributed by atoms with Crippen LogP contribution in [0.15, 0.2) is 91.4 Å². The lowest BCUT2D eigenvalue weighted by Crippen LogP contribution is -2.61. The molecule has 0 aliphatic rings. The fourth-order valence-electron chi connectivity index (χ4n) is 13.6. The highest BCUT2D eigenvalue weighted by atomic mass is 16.4. The van der Waals surface area contributed by atoms with Gasteiger partial charge in [-0.3, -0.25) is 84.6 Å². The number of aromatic nitrogens is 3. The fraction of sp³-hybridized carbons (Fsp3) is 0.468. The van der Waals surface area contributed by atoms with Crippen molar-refractivity contribution >= 4 is 139 Å². The molecule has 40 N–H and O–H groups in total. The van der Waals surface area contributed by atoms with Crippen LogP contribution in [0.4, 0.5) is 0 Å². The van der Waals surface area contributed by atoms with E-state index >= 15 is 24.0 Å². The number of aromatic amines is 3. The van der Waals surface area contributed by atoms with Crippen LogP contribution in [0.5, 0.6) is 0 Å². The summed E-state index contributed by atoms with van der Waals surface area (Å²) in [5.41, 5.74) is 48.4. The van der Waals surface area contributed by atoms with Crippen LogP contribution in [-0.2, 0) is 81.6 Å². The van der Waals surface area contributed by atoms with Crippen LogP contribution in [0.3, 0.4) is 0 Å². The maximum atomic E-state index is 15.7. The zero-order valence-corrected chi connectivity index (χ0v) is 69.2. The number of benzene rings is 3. The van der Waals surface area contributed by atoms with Gasteiger partial charge < -0.3 is 146 Å². The molecule has 0 fully saturated rings. The molecule has 45 nitrogen and oxygen atoms in total.